The molecule has 0 bridgehead atoms. The van der Waals surface area contributed by atoms with Crippen LogP contribution in [-0.2, 0) is 4.74 Å². The molecule has 0 spiro atoms. The third-order valence-corrected chi connectivity index (χ3v) is 3.38. The van der Waals surface area contributed by atoms with Gasteiger partial charge in [-0.05, 0) is 35.7 Å². The number of ether oxygens (including phenoxy) is 2. The van der Waals surface area contributed by atoms with Gasteiger partial charge in [-0.3, -0.25) is 0 Å². The number of hydrogen-bond donors (Lipinski definition) is 2. The van der Waals surface area contributed by atoms with Crippen LogP contribution in [0.4, 0.5) is 4.39 Å². The molecule has 3 rings (SSSR count). The first-order chi connectivity index (χ1) is 11.1. The molecule has 118 valence electrons. The van der Waals surface area contributed by atoms with Gasteiger partial charge in [0.2, 0.25) is 5.88 Å². The van der Waals surface area contributed by atoms with E-state index >= 15 is 0 Å². The highest BCUT2D eigenvalue weighted by Gasteiger charge is 2.11. The summed E-state index contributed by atoms with van der Waals surface area (Å²) in [5.74, 6) is -0.255. The minimum Gasteiger partial charge on any atom is -0.508 e. The molecule has 1 heterocycles. The third-order valence-electron chi connectivity index (χ3n) is 3.38. The Kier molecular flexibility index (Phi) is 4.10. The van der Waals surface area contributed by atoms with E-state index in [4.69, 9.17) is 9.47 Å². The van der Waals surface area contributed by atoms with Crippen LogP contribution in [0.5, 0.6) is 17.4 Å². The largest absolute Gasteiger partial charge is 0.508 e. The highest BCUT2D eigenvalue weighted by atomic mass is 19.1. The maximum Gasteiger partial charge on any atom is 0.219 e. The van der Waals surface area contributed by atoms with Crippen LogP contribution in [0, 0.1) is 5.82 Å². The predicted molar refractivity (Wildman–Crippen MR) is 81.9 cm³/mol. The summed E-state index contributed by atoms with van der Waals surface area (Å²) >= 11 is 0. The normalized spacial score (nSPS) is 12.3. The Labute approximate surface area is 131 Å². The number of hydrogen-bond acceptors (Lipinski definition) is 5. The van der Waals surface area contributed by atoms with Crippen LogP contribution in [0.2, 0.25) is 0 Å². The van der Waals surface area contributed by atoms with Gasteiger partial charge in [-0.2, -0.15) is 0 Å². The molecule has 5 nitrogen and oxygen atoms in total. The van der Waals surface area contributed by atoms with Crippen LogP contribution in [0.1, 0.15) is 11.9 Å². The van der Waals surface area contributed by atoms with Crippen molar-refractivity contribution in [2.45, 2.75) is 6.29 Å². The van der Waals surface area contributed by atoms with E-state index in [1.54, 1.807) is 12.1 Å². The summed E-state index contributed by atoms with van der Waals surface area (Å²) in [6.07, 6.45) is 0.321. The van der Waals surface area contributed by atoms with Crippen molar-refractivity contribution in [3.63, 3.8) is 0 Å². The van der Waals surface area contributed by atoms with Crippen molar-refractivity contribution < 1.29 is 24.1 Å². The highest BCUT2D eigenvalue weighted by Crippen LogP contribution is 2.31. The Balaban J connectivity index is 1.89. The SMILES string of the molecule is COC(O)c1ccc(Oc2ccc3cc(O)ccc3c2F)nc1. The number of phenolic OH excluding ortho intramolecular Hbond substituents is 1. The van der Waals surface area contributed by atoms with E-state index in [0.717, 1.165) is 0 Å². The Morgan fingerprint density at radius 2 is 1.96 bits per heavy atom. The molecule has 0 amide bonds. The lowest BCUT2D eigenvalue weighted by molar-refractivity contribution is -0.0771. The van der Waals surface area contributed by atoms with Gasteiger partial charge in [-0.25, -0.2) is 9.37 Å². The number of phenols is 1. The van der Waals surface area contributed by atoms with Crippen LogP contribution in [0.15, 0.2) is 48.7 Å². The summed E-state index contributed by atoms with van der Waals surface area (Å²) in [5, 5.41) is 19.8. The average Bonchev–Trinajstić information content (AvgIpc) is 2.57. The smallest absolute Gasteiger partial charge is 0.219 e. The maximum absolute atomic E-state index is 14.5. The zero-order valence-electron chi connectivity index (χ0n) is 12.2. The van der Waals surface area contributed by atoms with Crippen LogP contribution >= 0.6 is 0 Å². The number of aromatic nitrogens is 1. The van der Waals surface area contributed by atoms with Crippen LogP contribution < -0.4 is 4.74 Å². The van der Waals surface area contributed by atoms with Gasteiger partial charge < -0.3 is 19.7 Å². The summed E-state index contributed by atoms with van der Waals surface area (Å²) < 4.78 is 24.7. The molecule has 0 saturated carbocycles. The van der Waals surface area contributed by atoms with Crippen LogP contribution in [-0.4, -0.2) is 22.3 Å². The van der Waals surface area contributed by atoms with E-state index in [9.17, 15) is 14.6 Å². The van der Waals surface area contributed by atoms with E-state index in [0.29, 0.717) is 16.3 Å². The summed E-state index contributed by atoms with van der Waals surface area (Å²) in [6, 6.07) is 10.6. The molecule has 0 aliphatic heterocycles. The number of fused-ring (bicyclic) bond motifs is 1. The zero-order chi connectivity index (χ0) is 16.4. The van der Waals surface area contributed by atoms with Crippen molar-refractivity contribution >= 4 is 10.8 Å². The van der Waals surface area contributed by atoms with Gasteiger partial charge in [0.15, 0.2) is 17.9 Å². The number of nitrogens with zero attached hydrogens (tertiary/aromatic N) is 1. The second-order valence-corrected chi connectivity index (χ2v) is 4.90. The number of aliphatic hydroxyl groups is 1. The van der Waals surface area contributed by atoms with Crippen molar-refractivity contribution in [1.82, 2.24) is 4.98 Å². The molecule has 23 heavy (non-hydrogen) atoms. The van der Waals surface area contributed by atoms with Crippen molar-refractivity contribution in [3.8, 4) is 17.4 Å². The quantitative estimate of drug-likeness (QED) is 0.721. The number of aromatic hydroxyl groups is 1. The average molecular weight is 315 g/mol. The molecule has 1 unspecified atom stereocenters. The zero-order valence-corrected chi connectivity index (χ0v) is 12.2. The highest BCUT2D eigenvalue weighted by molar-refractivity contribution is 5.85. The molecule has 0 radical (unpaired) electrons. The Morgan fingerprint density at radius 3 is 2.65 bits per heavy atom. The van der Waals surface area contributed by atoms with E-state index in [1.807, 2.05) is 0 Å². The summed E-state index contributed by atoms with van der Waals surface area (Å²) in [5.41, 5.74) is 0.467. The number of halogens is 1. The molecule has 3 aromatic rings. The lowest BCUT2D eigenvalue weighted by Crippen LogP contribution is -2.00. The standard InChI is InChI=1S/C17H14FNO4/c1-22-17(21)11-3-7-15(19-9-11)23-14-6-2-10-8-12(20)4-5-13(10)16(14)18/h2-9,17,20-21H,1H3. The van der Waals surface area contributed by atoms with Crippen molar-refractivity contribution in [1.29, 1.82) is 0 Å². The monoisotopic (exact) mass is 315 g/mol. The van der Waals surface area contributed by atoms with Gasteiger partial charge in [0.1, 0.15) is 5.75 Å². The fraction of sp³-hybridized carbons (Fsp3) is 0.118. The van der Waals surface area contributed by atoms with Gasteiger partial charge in [-0.1, -0.05) is 6.07 Å². The Bertz CT molecular complexity index is 836. The molecule has 0 fully saturated rings. The maximum atomic E-state index is 14.5. The van der Waals surface area contributed by atoms with Gasteiger partial charge in [-0.15, -0.1) is 0 Å². The third kappa shape index (κ3) is 3.08. The molecular formula is C17H14FNO4. The minimum atomic E-state index is -1.07. The minimum absolute atomic E-state index is 0.0238. The second kappa shape index (κ2) is 6.20. The molecule has 0 saturated heterocycles. The first kappa shape index (κ1) is 15.2. The Morgan fingerprint density at radius 1 is 1.13 bits per heavy atom. The fourth-order valence-corrected chi connectivity index (χ4v) is 2.19. The van der Waals surface area contributed by atoms with Gasteiger partial charge in [0.25, 0.3) is 0 Å². The summed E-state index contributed by atoms with van der Waals surface area (Å²) in [6.45, 7) is 0. The second-order valence-electron chi connectivity index (χ2n) is 4.90. The molecule has 2 N–H and O–H groups in total. The fourth-order valence-electron chi connectivity index (χ4n) is 2.19. The van der Waals surface area contributed by atoms with Crippen LogP contribution in [0.3, 0.4) is 0 Å². The molecule has 0 aliphatic rings. The molecule has 2 aromatic carbocycles. The summed E-state index contributed by atoms with van der Waals surface area (Å²) in [7, 11) is 1.37. The van der Waals surface area contributed by atoms with Crippen molar-refractivity contribution in [2.75, 3.05) is 7.11 Å². The number of pyridine rings is 1. The van der Waals surface area contributed by atoms with Crippen LogP contribution in [0.25, 0.3) is 10.8 Å². The molecule has 0 aliphatic carbocycles. The van der Waals surface area contributed by atoms with Crippen molar-refractivity contribution in [2.24, 2.45) is 0 Å². The van der Waals surface area contributed by atoms with E-state index in [2.05, 4.69) is 4.98 Å². The number of aliphatic hydroxyl groups excluding tert-OH is 1. The van der Waals surface area contributed by atoms with Gasteiger partial charge >= 0.3 is 0 Å². The predicted octanol–water partition coefficient (Wildman–Crippen LogP) is 3.51. The van der Waals surface area contributed by atoms with Gasteiger partial charge in [0, 0.05) is 30.3 Å². The first-order valence-electron chi connectivity index (χ1n) is 6.84. The first-order valence-corrected chi connectivity index (χ1v) is 6.84. The number of benzene rings is 2. The summed E-state index contributed by atoms with van der Waals surface area (Å²) in [4.78, 5) is 4.01. The Hall–Kier alpha value is -2.70. The molecule has 1 atom stereocenters. The number of rotatable bonds is 4. The molecule has 6 heteroatoms. The molecule has 1 aromatic heterocycles. The van der Waals surface area contributed by atoms with E-state index < -0.39 is 12.1 Å². The van der Waals surface area contributed by atoms with E-state index in [1.165, 1.54) is 43.6 Å². The lowest BCUT2D eigenvalue weighted by atomic mass is 10.1. The number of methoxy groups -OCH3 is 1. The van der Waals surface area contributed by atoms with Crippen molar-refractivity contribution in [3.05, 3.63) is 60.0 Å². The topological polar surface area (TPSA) is 71.8 Å². The molecular weight excluding hydrogens is 301 g/mol. The van der Waals surface area contributed by atoms with E-state index in [-0.39, 0.29) is 17.4 Å². The van der Waals surface area contributed by atoms with Gasteiger partial charge in [0.05, 0.1) is 0 Å². The lowest BCUT2D eigenvalue weighted by Gasteiger charge is -2.10.